The minimum atomic E-state index is -1.01. The van der Waals surface area contributed by atoms with Crippen molar-refractivity contribution in [1.29, 1.82) is 0 Å². The number of carbonyl (C=O) groups excluding carboxylic acids is 2. The number of Topliss-reactive ketones (excluding diaryl/α,β-unsaturated/α-hetero) is 1. The fraction of sp³-hybridized carbons (Fsp3) is 0.786. The highest BCUT2D eigenvalue weighted by atomic mass is 16.4. The molecule has 19 heavy (non-hydrogen) atoms. The van der Waals surface area contributed by atoms with E-state index in [1.807, 2.05) is 0 Å². The highest BCUT2D eigenvalue weighted by Gasteiger charge is 2.15. The molecule has 1 unspecified atom stereocenters. The third-order valence-electron chi connectivity index (χ3n) is 2.95. The normalized spacial score (nSPS) is 11.9. The van der Waals surface area contributed by atoms with Crippen molar-refractivity contribution >= 4 is 17.7 Å². The molecule has 5 heteroatoms. The Balaban J connectivity index is 3.74. The van der Waals surface area contributed by atoms with Gasteiger partial charge in [-0.05, 0) is 13.3 Å². The predicted molar refractivity (Wildman–Crippen MR) is 72.9 cm³/mol. The van der Waals surface area contributed by atoms with Crippen molar-refractivity contribution in [1.82, 2.24) is 5.32 Å². The van der Waals surface area contributed by atoms with Gasteiger partial charge in [-0.3, -0.25) is 14.4 Å². The van der Waals surface area contributed by atoms with Gasteiger partial charge in [-0.15, -0.1) is 0 Å². The number of hydrogen-bond acceptors (Lipinski definition) is 3. The average Bonchev–Trinajstić information content (AvgIpc) is 2.35. The molecule has 0 aliphatic heterocycles. The summed E-state index contributed by atoms with van der Waals surface area (Å²) in [6.07, 6.45) is 5.59. The summed E-state index contributed by atoms with van der Waals surface area (Å²) >= 11 is 0. The van der Waals surface area contributed by atoms with E-state index in [0.717, 1.165) is 19.3 Å². The molecule has 0 aliphatic rings. The van der Waals surface area contributed by atoms with E-state index in [4.69, 9.17) is 5.11 Å². The number of hydrogen-bond donors (Lipinski definition) is 2. The molecule has 0 rings (SSSR count). The second kappa shape index (κ2) is 10.5. The van der Waals surface area contributed by atoms with Crippen LogP contribution in [0.3, 0.4) is 0 Å². The lowest BCUT2D eigenvalue weighted by Gasteiger charge is -2.12. The van der Waals surface area contributed by atoms with E-state index in [1.165, 1.54) is 12.8 Å². The first-order valence-electron chi connectivity index (χ1n) is 7.01. The fourth-order valence-electron chi connectivity index (χ4n) is 1.73. The number of carboxylic acid groups (broad SMARTS) is 1. The Morgan fingerprint density at radius 3 is 2.21 bits per heavy atom. The first-order chi connectivity index (χ1) is 8.97. The van der Waals surface area contributed by atoms with E-state index in [2.05, 4.69) is 12.2 Å². The van der Waals surface area contributed by atoms with E-state index in [-0.39, 0.29) is 24.5 Å². The van der Waals surface area contributed by atoms with Crippen LogP contribution in [0.2, 0.25) is 0 Å². The van der Waals surface area contributed by atoms with Crippen LogP contribution in [-0.4, -0.2) is 28.8 Å². The number of carbonyl (C=O) groups is 3. The van der Waals surface area contributed by atoms with Crippen molar-refractivity contribution in [2.75, 3.05) is 0 Å². The van der Waals surface area contributed by atoms with Crippen molar-refractivity contribution in [3.8, 4) is 0 Å². The summed E-state index contributed by atoms with van der Waals surface area (Å²) in [4.78, 5) is 33.4. The molecule has 2 N–H and O–H groups in total. The van der Waals surface area contributed by atoms with E-state index in [1.54, 1.807) is 6.92 Å². The summed E-state index contributed by atoms with van der Waals surface area (Å²) in [6.45, 7) is 3.78. The van der Waals surface area contributed by atoms with Crippen LogP contribution in [0.1, 0.15) is 65.2 Å². The Morgan fingerprint density at radius 2 is 1.63 bits per heavy atom. The Kier molecular flexibility index (Phi) is 9.75. The molecule has 0 spiro atoms. The van der Waals surface area contributed by atoms with Crippen molar-refractivity contribution in [2.45, 2.75) is 71.3 Å². The fourth-order valence-corrected chi connectivity index (χ4v) is 1.73. The number of unbranched alkanes of at least 4 members (excludes halogenated alkanes) is 4. The van der Waals surface area contributed by atoms with Gasteiger partial charge in [-0.2, -0.15) is 0 Å². The van der Waals surface area contributed by atoms with Crippen molar-refractivity contribution in [3.05, 3.63) is 0 Å². The van der Waals surface area contributed by atoms with Crippen LogP contribution in [0.15, 0.2) is 0 Å². The quantitative estimate of drug-likeness (QED) is 0.565. The van der Waals surface area contributed by atoms with Crippen molar-refractivity contribution in [2.24, 2.45) is 0 Å². The molecule has 1 atom stereocenters. The number of ketones is 1. The van der Waals surface area contributed by atoms with Crippen molar-refractivity contribution in [3.63, 3.8) is 0 Å². The third-order valence-corrected chi connectivity index (χ3v) is 2.95. The Labute approximate surface area is 114 Å². The molecule has 0 heterocycles. The Hall–Kier alpha value is -1.39. The van der Waals surface area contributed by atoms with Gasteiger partial charge < -0.3 is 10.4 Å². The van der Waals surface area contributed by atoms with Crippen LogP contribution in [0, 0.1) is 0 Å². The number of aliphatic carboxylic acids is 1. The van der Waals surface area contributed by atoms with Crippen LogP contribution < -0.4 is 5.32 Å². The molecule has 0 aromatic heterocycles. The molecule has 0 aromatic carbocycles. The first kappa shape index (κ1) is 17.6. The van der Waals surface area contributed by atoms with E-state index in [9.17, 15) is 14.4 Å². The van der Waals surface area contributed by atoms with E-state index < -0.39 is 12.0 Å². The molecule has 0 saturated heterocycles. The summed E-state index contributed by atoms with van der Waals surface area (Å²) in [6, 6.07) is -0.521. The summed E-state index contributed by atoms with van der Waals surface area (Å²) < 4.78 is 0. The van der Waals surface area contributed by atoms with Gasteiger partial charge in [-0.25, -0.2) is 0 Å². The van der Waals surface area contributed by atoms with E-state index in [0.29, 0.717) is 6.42 Å². The molecule has 0 aliphatic carbocycles. The lowest BCUT2D eigenvalue weighted by atomic mass is 10.1. The summed E-state index contributed by atoms with van der Waals surface area (Å²) in [5.74, 6) is -1.38. The molecular weight excluding hydrogens is 246 g/mol. The standard InChI is InChI=1S/C14H25NO4/c1-3-4-5-6-7-8-12(16)11(2)15-13(17)9-10-14(18)19/h11H,3-10H2,1-2H3,(H,15,17)(H,18,19). The summed E-state index contributed by atoms with van der Waals surface area (Å²) in [7, 11) is 0. The van der Waals surface area contributed by atoms with Crippen LogP contribution in [0.25, 0.3) is 0 Å². The van der Waals surface area contributed by atoms with Crippen molar-refractivity contribution < 1.29 is 19.5 Å². The molecule has 0 saturated carbocycles. The largest absolute Gasteiger partial charge is 0.481 e. The first-order valence-corrected chi connectivity index (χ1v) is 7.01. The van der Waals surface area contributed by atoms with Crippen LogP contribution >= 0.6 is 0 Å². The maximum Gasteiger partial charge on any atom is 0.303 e. The minimum absolute atomic E-state index is 0.0140. The van der Waals surface area contributed by atoms with Gasteiger partial charge in [-0.1, -0.05) is 32.6 Å². The van der Waals surface area contributed by atoms with Gasteiger partial charge >= 0.3 is 5.97 Å². The maximum atomic E-state index is 11.7. The van der Waals surface area contributed by atoms with Gasteiger partial charge in [0.2, 0.25) is 5.91 Å². The monoisotopic (exact) mass is 271 g/mol. The molecule has 0 radical (unpaired) electrons. The zero-order chi connectivity index (χ0) is 14.7. The summed E-state index contributed by atoms with van der Waals surface area (Å²) in [5.41, 5.74) is 0. The average molecular weight is 271 g/mol. The highest BCUT2D eigenvalue weighted by molar-refractivity contribution is 5.89. The minimum Gasteiger partial charge on any atom is -0.481 e. The van der Waals surface area contributed by atoms with Crippen LogP contribution in [0.5, 0.6) is 0 Å². The molecule has 5 nitrogen and oxygen atoms in total. The number of amides is 1. The SMILES string of the molecule is CCCCCCCC(=O)C(C)NC(=O)CCC(=O)O. The Bertz CT molecular complexity index is 302. The molecule has 0 aromatic rings. The second-order valence-electron chi connectivity index (χ2n) is 4.81. The summed E-state index contributed by atoms with van der Waals surface area (Å²) in [5, 5.41) is 11.0. The second-order valence-corrected chi connectivity index (χ2v) is 4.81. The topological polar surface area (TPSA) is 83.5 Å². The van der Waals surface area contributed by atoms with Gasteiger partial charge in [0.1, 0.15) is 0 Å². The third kappa shape index (κ3) is 10.2. The number of carboxylic acids is 1. The van der Waals surface area contributed by atoms with Gasteiger partial charge in [0.05, 0.1) is 12.5 Å². The lowest BCUT2D eigenvalue weighted by molar-refractivity contribution is -0.139. The van der Waals surface area contributed by atoms with Crippen LogP contribution in [0.4, 0.5) is 0 Å². The molecule has 1 amide bonds. The maximum absolute atomic E-state index is 11.7. The smallest absolute Gasteiger partial charge is 0.303 e. The van der Waals surface area contributed by atoms with E-state index >= 15 is 0 Å². The molecule has 0 fully saturated rings. The van der Waals surface area contributed by atoms with Crippen LogP contribution in [-0.2, 0) is 14.4 Å². The van der Waals surface area contributed by atoms with Gasteiger partial charge in [0, 0.05) is 12.8 Å². The predicted octanol–water partition coefficient (Wildman–Crippen LogP) is 2.29. The molecule has 110 valence electrons. The zero-order valence-electron chi connectivity index (χ0n) is 11.9. The molecular formula is C14H25NO4. The van der Waals surface area contributed by atoms with Gasteiger partial charge in [0.25, 0.3) is 0 Å². The molecule has 0 bridgehead atoms. The van der Waals surface area contributed by atoms with Gasteiger partial charge in [0.15, 0.2) is 5.78 Å². The zero-order valence-corrected chi connectivity index (χ0v) is 11.9. The Morgan fingerprint density at radius 1 is 1.00 bits per heavy atom. The number of rotatable bonds is 11. The number of nitrogens with one attached hydrogen (secondary N) is 1. The highest BCUT2D eigenvalue weighted by Crippen LogP contribution is 2.06. The lowest BCUT2D eigenvalue weighted by Crippen LogP contribution is -2.38.